The Bertz CT molecular complexity index is 396. The molecule has 0 saturated heterocycles. The van der Waals surface area contributed by atoms with Crippen LogP contribution < -0.4 is 0 Å². The molecule has 0 unspecified atom stereocenters. The van der Waals surface area contributed by atoms with Crippen molar-refractivity contribution in [2.75, 3.05) is 0 Å². The van der Waals surface area contributed by atoms with E-state index in [1.807, 2.05) is 0 Å². The Morgan fingerprint density at radius 2 is 1.80 bits per heavy atom. The van der Waals surface area contributed by atoms with Crippen LogP contribution in [0.5, 0.6) is 0 Å². The van der Waals surface area contributed by atoms with Crippen LogP contribution in [0, 0.1) is 5.92 Å². The number of hydrogen-bond acceptors (Lipinski definition) is 0. The van der Waals surface area contributed by atoms with Crippen molar-refractivity contribution < 1.29 is 4.39 Å². The fraction of sp³-hybridized carbons (Fsp3) is 0.579. The van der Waals surface area contributed by atoms with Gasteiger partial charge in [0.1, 0.15) is 0 Å². The number of aryl methyl sites for hydroxylation is 1. The van der Waals surface area contributed by atoms with E-state index in [9.17, 15) is 4.39 Å². The highest BCUT2D eigenvalue weighted by atomic mass is 19.1. The van der Waals surface area contributed by atoms with E-state index >= 15 is 0 Å². The summed E-state index contributed by atoms with van der Waals surface area (Å²) in [5, 5.41) is 0. The molecule has 0 atom stereocenters. The molecule has 0 heterocycles. The second-order valence-corrected chi connectivity index (χ2v) is 6.16. The van der Waals surface area contributed by atoms with E-state index in [-0.39, 0.29) is 0 Å². The number of halogens is 1. The van der Waals surface area contributed by atoms with Crippen molar-refractivity contribution in [1.82, 2.24) is 0 Å². The molecule has 0 aliphatic heterocycles. The average molecular weight is 274 g/mol. The van der Waals surface area contributed by atoms with E-state index in [1.54, 1.807) is 6.08 Å². The highest BCUT2D eigenvalue weighted by molar-refractivity contribution is 5.26. The fourth-order valence-electron chi connectivity index (χ4n) is 3.31. The predicted molar refractivity (Wildman–Crippen MR) is 84.6 cm³/mol. The Morgan fingerprint density at radius 1 is 1.10 bits per heavy atom. The van der Waals surface area contributed by atoms with Gasteiger partial charge in [-0.05, 0) is 67.9 Å². The van der Waals surface area contributed by atoms with Crippen LogP contribution in [-0.4, -0.2) is 0 Å². The lowest BCUT2D eigenvalue weighted by Crippen LogP contribution is -2.12. The van der Waals surface area contributed by atoms with Crippen molar-refractivity contribution in [1.29, 1.82) is 0 Å². The molecular weight excluding hydrogens is 247 g/mol. The van der Waals surface area contributed by atoms with E-state index in [4.69, 9.17) is 0 Å². The zero-order valence-electron chi connectivity index (χ0n) is 12.7. The summed E-state index contributed by atoms with van der Waals surface area (Å²) in [5.41, 5.74) is 2.97. The lowest BCUT2D eigenvalue weighted by Gasteiger charge is -2.28. The van der Waals surface area contributed by atoms with Crippen LogP contribution in [0.1, 0.15) is 68.9 Å². The average Bonchev–Trinajstić information content (AvgIpc) is 2.52. The van der Waals surface area contributed by atoms with Crippen molar-refractivity contribution in [2.24, 2.45) is 5.92 Å². The maximum atomic E-state index is 12.0. The number of allylic oxidation sites excluding steroid dienone is 1. The third-order valence-corrected chi connectivity index (χ3v) is 4.68. The molecule has 1 fully saturated rings. The number of rotatable bonds is 6. The lowest BCUT2D eigenvalue weighted by molar-refractivity contribution is 0.327. The van der Waals surface area contributed by atoms with Gasteiger partial charge in [-0.1, -0.05) is 43.7 Å². The topological polar surface area (TPSA) is 0 Å². The Kier molecular flexibility index (Phi) is 6.29. The van der Waals surface area contributed by atoms with E-state index in [0.717, 1.165) is 12.3 Å². The Morgan fingerprint density at radius 3 is 2.40 bits per heavy atom. The van der Waals surface area contributed by atoms with Crippen LogP contribution in [0.3, 0.4) is 0 Å². The van der Waals surface area contributed by atoms with E-state index in [1.165, 1.54) is 56.1 Å². The summed E-state index contributed by atoms with van der Waals surface area (Å²) in [6, 6.07) is 9.28. The molecule has 0 radical (unpaired) electrons. The van der Waals surface area contributed by atoms with Gasteiger partial charge in [0.2, 0.25) is 0 Å². The molecule has 1 aromatic rings. The second kappa shape index (κ2) is 8.24. The molecule has 1 heteroatoms. The first-order valence-electron chi connectivity index (χ1n) is 8.17. The van der Waals surface area contributed by atoms with Crippen LogP contribution >= 0.6 is 0 Å². The second-order valence-electron chi connectivity index (χ2n) is 6.16. The summed E-state index contributed by atoms with van der Waals surface area (Å²) < 4.78 is 12.0. The van der Waals surface area contributed by atoms with Crippen molar-refractivity contribution in [2.45, 2.75) is 64.2 Å². The molecule has 0 aromatic heterocycles. The maximum Gasteiger partial charge on any atom is 0.0827 e. The predicted octanol–water partition coefficient (Wildman–Crippen LogP) is 6.18. The molecule has 0 amide bonds. The summed E-state index contributed by atoms with van der Waals surface area (Å²) >= 11 is 0. The van der Waals surface area contributed by atoms with Gasteiger partial charge in [0.25, 0.3) is 0 Å². The third kappa shape index (κ3) is 4.47. The van der Waals surface area contributed by atoms with Crippen LogP contribution in [0.2, 0.25) is 0 Å². The molecular formula is C19H27F. The monoisotopic (exact) mass is 274 g/mol. The van der Waals surface area contributed by atoms with Crippen molar-refractivity contribution in [3.05, 3.63) is 47.8 Å². The molecule has 20 heavy (non-hydrogen) atoms. The highest BCUT2D eigenvalue weighted by Gasteiger charge is 2.21. The van der Waals surface area contributed by atoms with Crippen LogP contribution in [-0.2, 0) is 6.42 Å². The summed E-state index contributed by atoms with van der Waals surface area (Å²) in [6.07, 6.45) is 12.1. The minimum atomic E-state index is 0.696. The number of hydrogen-bond donors (Lipinski definition) is 0. The summed E-state index contributed by atoms with van der Waals surface area (Å²) in [4.78, 5) is 0. The summed E-state index contributed by atoms with van der Waals surface area (Å²) in [7, 11) is 0. The van der Waals surface area contributed by atoms with Gasteiger partial charge in [-0.2, -0.15) is 0 Å². The molecule has 0 bridgehead atoms. The smallest absolute Gasteiger partial charge is 0.0827 e. The van der Waals surface area contributed by atoms with Gasteiger partial charge >= 0.3 is 0 Å². The zero-order chi connectivity index (χ0) is 14.2. The molecule has 110 valence electrons. The number of benzene rings is 1. The van der Waals surface area contributed by atoms with E-state index < -0.39 is 0 Å². The number of unbranched alkanes of at least 4 members (excludes halogenated alkanes) is 1. The van der Waals surface area contributed by atoms with Gasteiger partial charge in [0.15, 0.2) is 0 Å². The zero-order valence-corrected chi connectivity index (χ0v) is 12.7. The van der Waals surface area contributed by atoms with Crippen molar-refractivity contribution >= 4 is 0 Å². The maximum absolute atomic E-state index is 12.0. The largest absolute Gasteiger partial charge is 0.216 e. The molecule has 1 aliphatic rings. The van der Waals surface area contributed by atoms with Gasteiger partial charge in [0.05, 0.1) is 6.33 Å². The SMILES string of the molecule is CCCCc1ccc([C@H]2CC[C@H](C/C=C/F)CC2)cc1. The fourth-order valence-corrected chi connectivity index (χ4v) is 3.31. The molecule has 2 rings (SSSR count). The van der Waals surface area contributed by atoms with Crippen LogP contribution in [0.25, 0.3) is 0 Å². The van der Waals surface area contributed by atoms with E-state index in [0.29, 0.717) is 12.2 Å². The Labute approximate surface area is 123 Å². The van der Waals surface area contributed by atoms with Crippen molar-refractivity contribution in [3.8, 4) is 0 Å². The van der Waals surface area contributed by atoms with Crippen molar-refractivity contribution in [3.63, 3.8) is 0 Å². The minimum absolute atomic E-state index is 0.696. The Hall–Kier alpha value is -1.11. The van der Waals surface area contributed by atoms with E-state index in [2.05, 4.69) is 31.2 Å². The van der Waals surface area contributed by atoms with Gasteiger partial charge in [0, 0.05) is 0 Å². The standard InChI is InChI=1S/C19H27F/c1-2-3-5-16-7-11-18(12-8-16)19-13-9-17(10-14-19)6-4-15-20/h4,7-8,11-12,15,17,19H,2-3,5-6,9-10,13-14H2,1H3/b15-4+/t17-,19-. The minimum Gasteiger partial charge on any atom is -0.216 e. The lowest BCUT2D eigenvalue weighted by atomic mass is 9.77. The molecule has 0 nitrogen and oxygen atoms in total. The first kappa shape index (κ1) is 15.3. The van der Waals surface area contributed by atoms with Gasteiger partial charge in [-0.25, -0.2) is 4.39 Å². The molecule has 1 aromatic carbocycles. The van der Waals surface area contributed by atoms with Gasteiger partial charge in [-0.15, -0.1) is 0 Å². The summed E-state index contributed by atoms with van der Waals surface area (Å²) in [5.74, 6) is 1.42. The van der Waals surface area contributed by atoms with Gasteiger partial charge < -0.3 is 0 Å². The molecule has 0 N–H and O–H groups in total. The quantitative estimate of drug-likeness (QED) is 0.581. The Balaban J connectivity index is 1.84. The molecule has 1 aliphatic carbocycles. The first-order valence-corrected chi connectivity index (χ1v) is 8.17. The normalized spacial score (nSPS) is 23.3. The van der Waals surface area contributed by atoms with Crippen LogP contribution in [0.4, 0.5) is 4.39 Å². The van der Waals surface area contributed by atoms with Crippen LogP contribution in [0.15, 0.2) is 36.7 Å². The summed E-state index contributed by atoms with van der Waals surface area (Å²) in [6.45, 7) is 2.24. The third-order valence-electron chi connectivity index (χ3n) is 4.68. The van der Waals surface area contributed by atoms with Gasteiger partial charge in [-0.3, -0.25) is 0 Å². The first-order chi connectivity index (χ1) is 9.83. The highest BCUT2D eigenvalue weighted by Crippen LogP contribution is 2.37. The molecule has 0 spiro atoms. The molecule has 1 saturated carbocycles.